The van der Waals surface area contributed by atoms with Crippen LogP contribution in [0.3, 0.4) is 0 Å². The van der Waals surface area contributed by atoms with Gasteiger partial charge in [-0.25, -0.2) is 14.5 Å². The molecule has 34 heavy (non-hydrogen) atoms. The zero-order valence-electron chi connectivity index (χ0n) is 18.0. The van der Waals surface area contributed by atoms with E-state index in [0.717, 1.165) is 25.3 Å². The number of halogens is 3. The zero-order chi connectivity index (χ0) is 24.0. The molecule has 3 heterocycles. The van der Waals surface area contributed by atoms with Gasteiger partial charge in [0, 0.05) is 22.5 Å². The molecule has 0 atom stereocenters. The number of hydrogen-bond donors (Lipinski definition) is 1. The van der Waals surface area contributed by atoms with Gasteiger partial charge in [-0.2, -0.15) is 18.2 Å². The van der Waals surface area contributed by atoms with Crippen LogP contribution in [0.15, 0.2) is 48.5 Å². The Balaban J connectivity index is 1.44. The molecule has 172 valence electrons. The van der Waals surface area contributed by atoms with Crippen LogP contribution in [0.4, 0.5) is 18.9 Å². The lowest BCUT2D eigenvalue weighted by Gasteiger charge is -2.12. The van der Waals surface area contributed by atoms with Crippen LogP contribution in [0.1, 0.15) is 22.8 Å². The Morgan fingerprint density at radius 3 is 2.53 bits per heavy atom. The number of para-hydroxylation sites is 2. The van der Waals surface area contributed by atoms with Gasteiger partial charge in [-0.1, -0.05) is 24.3 Å². The first-order valence-electron chi connectivity index (χ1n) is 10.3. The monoisotopic (exact) mass is 482 g/mol. The van der Waals surface area contributed by atoms with Gasteiger partial charge in [0.05, 0.1) is 22.3 Å². The van der Waals surface area contributed by atoms with Gasteiger partial charge in [-0.15, -0.1) is 16.4 Å². The maximum Gasteiger partial charge on any atom is 0.453 e. The Morgan fingerprint density at radius 2 is 1.76 bits per heavy atom. The van der Waals surface area contributed by atoms with Crippen LogP contribution in [0.2, 0.25) is 0 Å². The molecule has 3 aromatic heterocycles. The highest BCUT2D eigenvalue weighted by Gasteiger charge is 2.37. The number of thiazole rings is 1. The largest absolute Gasteiger partial charge is 0.453 e. The van der Waals surface area contributed by atoms with E-state index in [0.29, 0.717) is 22.6 Å². The Morgan fingerprint density at radius 1 is 1.03 bits per heavy atom. The Kier molecular flexibility index (Phi) is 5.28. The lowest BCUT2D eigenvalue weighted by atomic mass is 10.1. The van der Waals surface area contributed by atoms with Crippen molar-refractivity contribution in [1.82, 2.24) is 24.6 Å². The maximum atomic E-state index is 13.0. The van der Waals surface area contributed by atoms with E-state index in [1.807, 2.05) is 42.5 Å². The number of aryl methyl sites for hydroxylation is 2. The number of fused-ring (bicyclic) bond motifs is 2. The quantitative estimate of drug-likeness (QED) is 0.380. The van der Waals surface area contributed by atoms with E-state index in [2.05, 4.69) is 25.4 Å². The molecule has 1 amide bonds. The summed E-state index contributed by atoms with van der Waals surface area (Å²) in [4.78, 5) is 25.2. The number of aromatic nitrogens is 5. The fraction of sp³-hybridized carbons (Fsp3) is 0.174. The van der Waals surface area contributed by atoms with Crippen molar-refractivity contribution < 1.29 is 18.0 Å². The lowest BCUT2D eigenvalue weighted by molar-refractivity contribution is -0.144. The van der Waals surface area contributed by atoms with Crippen molar-refractivity contribution in [3.05, 3.63) is 71.3 Å². The fourth-order valence-corrected chi connectivity index (χ4v) is 4.71. The standard InChI is InChI=1S/C23H17F3N6OS/c1-12-15(13(2)32-22(27-12)30-21(31-32)23(24,25)26)11-19(33)28-16-8-4-3-7-14(16)20-29-17-9-5-6-10-18(17)34-20/h3-10H,11H2,1-2H3,(H,28,33). The van der Waals surface area contributed by atoms with E-state index in [4.69, 9.17) is 0 Å². The summed E-state index contributed by atoms with van der Waals surface area (Å²) in [5.41, 5.74) is 3.53. The van der Waals surface area contributed by atoms with Crippen LogP contribution in [-0.2, 0) is 17.4 Å². The molecular weight excluding hydrogens is 465 g/mol. The molecule has 0 aliphatic carbocycles. The van der Waals surface area contributed by atoms with Crippen molar-refractivity contribution in [3.63, 3.8) is 0 Å². The van der Waals surface area contributed by atoms with Crippen LogP contribution < -0.4 is 5.32 Å². The van der Waals surface area contributed by atoms with Gasteiger partial charge in [-0.05, 0) is 38.1 Å². The second-order valence-corrected chi connectivity index (χ2v) is 8.69. The average molecular weight is 482 g/mol. The first-order chi connectivity index (χ1) is 16.2. The van der Waals surface area contributed by atoms with E-state index < -0.39 is 12.0 Å². The van der Waals surface area contributed by atoms with Gasteiger partial charge in [0.1, 0.15) is 5.01 Å². The molecule has 0 unspecified atom stereocenters. The van der Waals surface area contributed by atoms with E-state index >= 15 is 0 Å². The Labute approximate surface area is 195 Å². The second kappa shape index (κ2) is 8.17. The van der Waals surface area contributed by atoms with Crippen molar-refractivity contribution in [2.45, 2.75) is 26.4 Å². The number of benzene rings is 2. The Hall–Kier alpha value is -3.86. The van der Waals surface area contributed by atoms with E-state index in [-0.39, 0.29) is 18.1 Å². The molecule has 0 bridgehead atoms. The van der Waals surface area contributed by atoms with Crippen LogP contribution in [0.5, 0.6) is 0 Å². The molecule has 0 fully saturated rings. The molecule has 5 aromatic rings. The van der Waals surface area contributed by atoms with E-state index in [1.165, 1.54) is 11.3 Å². The predicted molar refractivity (Wildman–Crippen MR) is 123 cm³/mol. The normalized spacial score (nSPS) is 11.9. The number of nitrogens with zero attached hydrogens (tertiary/aromatic N) is 5. The van der Waals surface area contributed by atoms with Gasteiger partial charge < -0.3 is 5.32 Å². The minimum atomic E-state index is -4.68. The summed E-state index contributed by atoms with van der Waals surface area (Å²) < 4.78 is 41.1. The molecule has 7 nitrogen and oxygen atoms in total. The van der Waals surface area contributed by atoms with Gasteiger partial charge in [-0.3, -0.25) is 4.79 Å². The molecule has 5 rings (SSSR count). The number of carbonyl (C=O) groups excluding carboxylic acids is 1. The maximum absolute atomic E-state index is 13.0. The third kappa shape index (κ3) is 3.98. The van der Waals surface area contributed by atoms with Crippen molar-refractivity contribution in [1.29, 1.82) is 0 Å². The highest BCUT2D eigenvalue weighted by molar-refractivity contribution is 7.21. The second-order valence-electron chi connectivity index (χ2n) is 7.66. The number of anilines is 1. The molecule has 0 saturated carbocycles. The summed E-state index contributed by atoms with van der Waals surface area (Å²) in [6.45, 7) is 3.22. The van der Waals surface area contributed by atoms with Crippen LogP contribution in [-0.4, -0.2) is 30.5 Å². The third-order valence-electron chi connectivity index (χ3n) is 5.37. The Bertz CT molecular complexity index is 1520. The third-order valence-corrected chi connectivity index (χ3v) is 6.43. The van der Waals surface area contributed by atoms with Crippen molar-refractivity contribution in [2.75, 3.05) is 5.32 Å². The molecular formula is C23H17F3N6OS. The fourth-order valence-electron chi connectivity index (χ4n) is 3.71. The van der Waals surface area contributed by atoms with Crippen LogP contribution in [0.25, 0.3) is 26.6 Å². The highest BCUT2D eigenvalue weighted by Crippen LogP contribution is 2.34. The highest BCUT2D eigenvalue weighted by atomic mass is 32.1. The summed E-state index contributed by atoms with van der Waals surface area (Å²) in [7, 11) is 0. The predicted octanol–water partition coefficient (Wildman–Crippen LogP) is 5.22. The van der Waals surface area contributed by atoms with Gasteiger partial charge in [0.15, 0.2) is 0 Å². The number of rotatable bonds is 4. The molecule has 11 heteroatoms. The van der Waals surface area contributed by atoms with Gasteiger partial charge in [0.2, 0.25) is 5.91 Å². The number of amides is 1. The molecule has 0 aliphatic rings. The van der Waals surface area contributed by atoms with E-state index in [1.54, 1.807) is 19.9 Å². The molecule has 0 spiro atoms. The number of hydrogen-bond acceptors (Lipinski definition) is 6. The van der Waals surface area contributed by atoms with Crippen molar-refractivity contribution >= 4 is 38.9 Å². The van der Waals surface area contributed by atoms with Crippen LogP contribution in [0, 0.1) is 13.8 Å². The zero-order valence-corrected chi connectivity index (χ0v) is 18.8. The number of nitrogens with one attached hydrogen (secondary N) is 1. The van der Waals surface area contributed by atoms with E-state index in [9.17, 15) is 18.0 Å². The minimum Gasteiger partial charge on any atom is -0.325 e. The summed E-state index contributed by atoms with van der Waals surface area (Å²) in [5, 5.41) is 7.21. The average Bonchev–Trinajstić information content (AvgIpc) is 3.41. The summed E-state index contributed by atoms with van der Waals surface area (Å²) in [6.07, 6.45) is -4.77. The van der Waals surface area contributed by atoms with Crippen molar-refractivity contribution in [2.24, 2.45) is 0 Å². The van der Waals surface area contributed by atoms with Crippen molar-refractivity contribution in [3.8, 4) is 10.6 Å². The minimum absolute atomic E-state index is 0.0873. The molecule has 1 N–H and O–H groups in total. The molecule has 0 aliphatic heterocycles. The number of alkyl halides is 3. The summed E-state index contributed by atoms with van der Waals surface area (Å²) >= 11 is 1.52. The molecule has 2 aromatic carbocycles. The van der Waals surface area contributed by atoms with Crippen LogP contribution >= 0.6 is 11.3 Å². The summed E-state index contributed by atoms with van der Waals surface area (Å²) in [6, 6.07) is 15.1. The first kappa shape index (κ1) is 22.0. The SMILES string of the molecule is Cc1nc2nc(C(F)(F)F)nn2c(C)c1CC(=O)Nc1ccccc1-c1nc2ccccc2s1. The lowest BCUT2D eigenvalue weighted by Crippen LogP contribution is -2.18. The van der Waals surface area contributed by atoms with Gasteiger partial charge >= 0.3 is 6.18 Å². The molecule has 0 saturated heterocycles. The topological polar surface area (TPSA) is 85.1 Å². The smallest absolute Gasteiger partial charge is 0.325 e. The first-order valence-corrected chi connectivity index (χ1v) is 11.1. The van der Waals surface area contributed by atoms with Gasteiger partial charge in [0.25, 0.3) is 11.6 Å². The molecule has 0 radical (unpaired) electrons. The summed E-state index contributed by atoms with van der Waals surface area (Å²) in [5.74, 6) is -1.77. The number of carbonyl (C=O) groups is 1.